The minimum atomic E-state index is -0.529. The van der Waals surface area contributed by atoms with Gasteiger partial charge in [-0.3, -0.25) is 0 Å². The molecule has 2 nitrogen and oxygen atoms in total. The lowest BCUT2D eigenvalue weighted by Gasteiger charge is -2.35. The Hall–Kier alpha value is -7.68. The maximum absolute atomic E-state index is 6.64. The number of furan rings is 1. The third-order valence-corrected chi connectivity index (χ3v) is 13.1. The van der Waals surface area contributed by atoms with Gasteiger partial charge in [-0.05, 0) is 99.3 Å². The molecular formula is C59H41NO. The summed E-state index contributed by atoms with van der Waals surface area (Å²) in [6, 6.07) is 82.3. The fraction of sp³-hybridized carbons (Fsp3) is 0.0508. The monoisotopic (exact) mass is 779 g/mol. The molecule has 0 aliphatic heterocycles. The summed E-state index contributed by atoms with van der Waals surface area (Å²) in [7, 11) is 0. The molecule has 10 aromatic rings. The first-order chi connectivity index (χ1) is 30.3. The van der Waals surface area contributed by atoms with E-state index in [-0.39, 0.29) is 0 Å². The number of hydrogen-bond acceptors (Lipinski definition) is 2. The molecule has 2 heteroatoms. The van der Waals surface area contributed by atoms with Crippen LogP contribution < -0.4 is 4.90 Å². The van der Waals surface area contributed by atoms with Crippen molar-refractivity contribution in [2.24, 2.45) is 0 Å². The topological polar surface area (TPSA) is 16.4 Å². The van der Waals surface area contributed by atoms with Crippen molar-refractivity contribution in [1.29, 1.82) is 0 Å². The number of anilines is 3. The van der Waals surface area contributed by atoms with Crippen LogP contribution in [0.1, 0.15) is 33.4 Å². The highest BCUT2D eigenvalue weighted by molar-refractivity contribution is 5.98. The Morgan fingerprint density at radius 3 is 1.66 bits per heavy atom. The van der Waals surface area contributed by atoms with E-state index in [9.17, 15) is 0 Å². The van der Waals surface area contributed by atoms with E-state index in [0.717, 1.165) is 57.9 Å². The van der Waals surface area contributed by atoms with Crippen LogP contribution in [-0.4, -0.2) is 0 Å². The van der Waals surface area contributed by atoms with Gasteiger partial charge in [0.25, 0.3) is 0 Å². The smallest absolute Gasteiger partial charge is 0.138 e. The second-order valence-corrected chi connectivity index (χ2v) is 16.3. The summed E-state index contributed by atoms with van der Waals surface area (Å²) in [6.45, 7) is 0. The number of aryl methyl sites for hydroxylation is 2. The quantitative estimate of drug-likeness (QED) is 0.160. The van der Waals surface area contributed by atoms with Gasteiger partial charge >= 0.3 is 0 Å². The van der Waals surface area contributed by atoms with E-state index < -0.39 is 5.41 Å². The summed E-state index contributed by atoms with van der Waals surface area (Å²) >= 11 is 0. The Labute approximate surface area is 356 Å². The predicted molar refractivity (Wildman–Crippen MR) is 252 cm³/mol. The van der Waals surface area contributed by atoms with Crippen molar-refractivity contribution in [3.63, 3.8) is 0 Å². The average molecular weight is 780 g/mol. The Morgan fingerprint density at radius 1 is 0.393 bits per heavy atom. The van der Waals surface area contributed by atoms with Crippen LogP contribution in [0.25, 0.3) is 55.7 Å². The van der Waals surface area contributed by atoms with E-state index in [4.69, 9.17) is 4.42 Å². The molecule has 0 N–H and O–H groups in total. The third-order valence-electron chi connectivity index (χ3n) is 13.1. The highest BCUT2D eigenvalue weighted by Gasteiger charge is 2.46. The molecule has 0 unspecified atom stereocenters. The van der Waals surface area contributed by atoms with E-state index in [1.807, 2.05) is 0 Å². The van der Waals surface area contributed by atoms with Gasteiger partial charge in [0, 0.05) is 33.3 Å². The molecule has 2 aliphatic rings. The maximum atomic E-state index is 6.64. The molecule has 61 heavy (non-hydrogen) atoms. The van der Waals surface area contributed by atoms with Crippen LogP contribution in [0.3, 0.4) is 0 Å². The molecule has 2 aliphatic carbocycles. The molecule has 9 aromatic carbocycles. The van der Waals surface area contributed by atoms with Gasteiger partial charge in [-0.1, -0.05) is 188 Å². The number of fused-ring (bicyclic) bond motifs is 8. The second kappa shape index (κ2) is 14.3. The number of rotatable bonds is 7. The molecule has 0 radical (unpaired) electrons. The zero-order valence-electron chi connectivity index (χ0n) is 33.6. The van der Waals surface area contributed by atoms with Gasteiger partial charge in [-0.15, -0.1) is 0 Å². The SMILES string of the molecule is c1ccc(-c2ccccc2N(c2ccc3c(c2)C(c2ccccc2)(c2ccccc2)c2ccccc2-3)c2ccccc2-c2ccc3oc4c(c3c2)CCc2ccccc2-4)cc1. The number of benzene rings is 9. The predicted octanol–water partition coefficient (Wildman–Crippen LogP) is 15.4. The van der Waals surface area contributed by atoms with Crippen LogP contribution in [0.2, 0.25) is 0 Å². The van der Waals surface area contributed by atoms with Crippen molar-refractivity contribution in [2.75, 3.05) is 4.90 Å². The van der Waals surface area contributed by atoms with Crippen molar-refractivity contribution in [2.45, 2.75) is 18.3 Å². The fourth-order valence-electron chi connectivity index (χ4n) is 10.4. The lowest BCUT2D eigenvalue weighted by molar-refractivity contribution is 0.621. The summed E-state index contributed by atoms with van der Waals surface area (Å²) < 4.78 is 6.64. The summed E-state index contributed by atoms with van der Waals surface area (Å²) in [6.07, 6.45) is 1.97. The van der Waals surface area contributed by atoms with E-state index in [1.54, 1.807) is 0 Å². The van der Waals surface area contributed by atoms with E-state index in [0.29, 0.717) is 0 Å². The average Bonchev–Trinajstić information content (AvgIpc) is 3.86. The van der Waals surface area contributed by atoms with Gasteiger partial charge in [0.15, 0.2) is 0 Å². The lowest BCUT2D eigenvalue weighted by atomic mass is 9.67. The van der Waals surface area contributed by atoms with Crippen molar-refractivity contribution < 1.29 is 4.42 Å². The number of nitrogens with zero attached hydrogens (tertiary/aromatic N) is 1. The van der Waals surface area contributed by atoms with Gasteiger partial charge < -0.3 is 9.32 Å². The van der Waals surface area contributed by atoms with Gasteiger partial charge in [0.2, 0.25) is 0 Å². The first-order valence-corrected chi connectivity index (χ1v) is 21.3. The Balaban J connectivity index is 1.11. The van der Waals surface area contributed by atoms with Crippen LogP contribution in [0.4, 0.5) is 17.1 Å². The van der Waals surface area contributed by atoms with Gasteiger partial charge in [0.05, 0.1) is 16.8 Å². The van der Waals surface area contributed by atoms with Crippen molar-refractivity contribution in [3.8, 4) is 44.7 Å². The normalized spacial score (nSPS) is 13.2. The molecule has 0 saturated carbocycles. The Bertz CT molecular complexity index is 3210. The van der Waals surface area contributed by atoms with Crippen molar-refractivity contribution in [3.05, 3.63) is 258 Å². The summed E-state index contributed by atoms with van der Waals surface area (Å²) in [4.78, 5) is 2.49. The minimum Gasteiger partial charge on any atom is -0.456 e. The van der Waals surface area contributed by atoms with Crippen LogP contribution in [-0.2, 0) is 18.3 Å². The highest BCUT2D eigenvalue weighted by atomic mass is 16.3. The van der Waals surface area contributed by atoms with Crippen molar-refractivity contribution in [1.82, 2.24) is 0 Å². The summed E-state index contributed by atoms with van der Waals surface area (Å²) in [5.41, 5.74) is 19.8. The number of para-hydroxylation sites is 2. The Morgan fingerprint density at radius 2 is 0.951 bits per heavy atom. The zero-order chi connectivity index (χ0) is 40.3. The molecule has 12 rings (SSSR count). The van der Waals surface area contributed by atoms with E-state index >= 15 is 0 Å². The molecule has 1 heterocycles. The standard InChI is InChI=1S/C59H41NO/c1-4-18-40(19-5-1)46-25-13-16-30-55(46)60(56-31-17-14-26-47(56)42-33-37-57-52(38-42)51-35-32-41-20-10-11-27-48(41)58(51)61-57)45-34-36-50-49-28-12-15-29-53(49)59(54(50)39-45,43-21-6-2-7-22-43)44-23-8-3-9-24-44/h1-31,33-34,36-39H,32,35H2. The fourth-order valence-corrected chi connectivity index (χ4v) is 10.4. The van der Waals surface area contributed by atoms with E-state index in [1.165, 1.54) is 61.0 Å². The Kier molecular flexibility index (Phi) is 8.24. The first kappa shape index (κ1) is 35.3. The molecule has 1 aromatic heterocycles. The lowest BCUT2D eigenvalue weighted by Crippen LogP contribution is -2.28. The van der Waals surface area contributed by atoms with Crippen LogP contribution >= 0.6 is 0 Å². The van der Waals surface area contributed by atoms with Crippen LogP contribution in [0.5, 0.6) is 0 Å². The molecule has 0 fully saturated rings. The van der Waals surface area contributed by atoms with Crippen LogP contribution in [0, 0.1) is 0 Å². The molecule has 0 bridgehead atoms. The van der Waals surface area contributed by atoms with Crippen molar-refractivity contribution >= 4 is 28.0 Å². The van der Waals surface area contributed by atoms with Gasteiger partial charge in [-0.25, -0.2) is 0 Å². The zero-order valence-corrected chi connectivity index (χ0v) is 33.6. The van der Waals surface area contributed by atoms with Gasteiger partial charge in [0.1, 0.15) is 11.3 Å². The van der Waals surface area contributed by atoms with Gasteiger partial charge in [-0.2, -0.15) is 0 Å². The second-order valence-electron chi connectivity index (χ2n) is 16.3. The molecule has 0 saturated heterocycles. The molecule has 288 valence electrons. The number of hydrogen-bond donors (Lipinski definition) is 0. The molecule has 0 spiro atoms. The largest absolute Gasteiger partial charge is 0.456 e. The van der Waals surface area contributed by atoms with Crippen LogP contribution in [0.15, 0.2) is 229 Å². The summed E-state index contributed by atoms with van der Waals surface area (Å²) in [5.74, 6) is 1.01. The minimum absolute atomic E-state index is 0.529. The highest BCUT2D eigenvalue weighted by Crippen LogP contribution is 2.58. The first-order valence-electron chi connectivity index (χ1n) is 21.3. The third kappa shape index (κ3) is 5.49. The van der Waals surface area contributed by atoms with E-state index in [2.05, 4.69) is 229 Å². The molecule has 0 atom stereocenters. The molecule has 0 amide bonds. The maximum Gasteiger partial charge on any atom is 0.138 e. The molecular weight excluding hydrogens is 739 g/mol. The summed E-state index contributed by atoms with van der Waals surface area (Å²) in [5, 5.41) is 1.19.